The molecule has 0 aliphatic heterocycles. The van der Waals surface area contributed by atoms with Gasteiger partial charge in [0.05, 0.1) is 0 Å². The van der Waals surface area contributed by atoms with Crippen LogP contribution in [-0.2, 0) is 4.79 Å². The molecular weight excluding hydrogens is 256 g/mol. The zero-order valence-electron chi connectivity index (χ0n) is 14.4. The number of hydrogen-bond donors (Lipinski definition) is 0. The fraction of sp³-hybridized carbons (Fsp3) is 0.750. The molecule has 0 spiro atoms. The maximum atomic E-state index is 10.6. The molecule has 2 aliphatic carbocycles. The summed E-state index contributed by atoms with van der Waals surface area (Å²) in [6.07, 6.45) is 11.7. The Bertz CT molecular complexity index is 447. The van der Waals surface area contributed by atoms with Gasteiger partial charge in [-0.3, -0.25) is 4.79 Å². The molecule has 2 rings (SSSR count). The summed E-state index contributed by atoms with van der Waals surface area (Å²) in [4.78, 5) is 10.6. The van der Waals surface area contributed by atoms with Crippen molar-refractivity contribution >= 4 is 6.29 Å². The quantitative estimate of drug-likeness (QED) is 0.360. The Balaban J connectivity index is 2.24. The van der Waals surface area contributed by atoms with E-state index in [1.54, 1.807) is 6.08 Å². The number of allylic oxidation sites excluding steroid dienone is 3. The van der Waals surface area contributed by atoms with E-state index in [0.717, 1.165) is 24.5 Å². The molecule has 1 nitrogen and oxygen atoms in total. The smallest absolute Gasteiger partial charge is 0.142 e. The normalized spacial score (nSPS) is 39.9. The minimum absolute atomic E-state index is 0.395. The Morgan fingerprint density at radius 1 is 1.29 bits per heavy atom. The van der Waals surface area contributed by atoms with Crippen molar-refractivity contribution in [2.45, 2.75) is 72.6 Å². The van der Waals surface area contributed by atoms with Crippen molar-refractivity contribution in [3.05, 3.63) is 23.8 Å². The van der Waals surface area contributed by atoms with Gasteiger partial charge in [-0.1, -0.05) is 38.0 Å². The van der Waals surface area contributed by atoms with Gasteiger partial charge in [-0.2, -0.15) is 0 Å². The van der Waals surface area contributed by atoms with Crippen molar-refractivity contribution in [1.82, 2.24) is 0 Å². The summed E-state index contributed by atoms with van der Waals surface area (Å²) >= 11 is 0. The van der Waals surface area contributed by atoms with Gasteiger partial charge in [-0.15, -0.1) is 0 Å². The van der Waals surface area contributed by atoms with Crippen LogP contribution < -0.4 is 0 Å². The fourth-order valence-corrected chi connectivity index (χ4v) is 5.29. The molecule has 0 N–H and O–H groups in total. The summed E-state index contributed by atoms with van der Waals surface area (Å²) in [6.45, 7) is 13.7. The topological polar surface area (TPSA) is 17.1 Å². The van der Waals surface area contributed by atoms with E-state index in [0.29, 0.717) is 10.8 Å². The predicted octanol–water partition coefficient (Wildman–Crippen LogP) is 5.71. The van der Waals surface area contributed by atoms with Crippen LogP contribution in [0.4, 0.5) is 0 Å². The van der Waals surface area contributed by atoms with E-state index in [4.69, 9.17) is 0 Å². The fourth-order valence-electron chi connectivity index (χ4n) is 5.29. The van der Waals surface area contributed by atoms with Crippen molar-refractivity contribution in [3.8, 4) is 0 Å². The highest BCUT2D eigenvalue weighted by Gasteiger charge is 2.55. The molecule has 4 unspecified atom stereocenters. The zero-order valence-corrected chi connectivity index (χ0v) is 14.4. The Labute approximate surface area is 130 Å². The molecule has 0 aromatic rings. The average molecular weight is 288 g/mol. The van der Waals surface area contributed by atoms with Crippen molar-refractivity contribution in [3.63, 3.8) is 0 Å². The van der Waals surface area contributed by atoms with Gasteiger partial charge in [-0.25, -0.2) is 0 Å². The second kappa shape index (κ2) is 6.10. The molecule has 0 aromatic heterocycles. The average Bonchev–Trinajstić information content (AvgIpc) is 2.88. The molecule has 0 bridgehead atoms. The third-order valence-corrected chi connectivity index (χ3v) is 6.99. The van der Waals surface area contributed by atoms with E-state index in [-0.39, 0.29) is 0 Å². The summed E-state index contributed by atoms with van der Waals surface area (Å²) in [7, 11) is 0. The maximum absolute atomic E-state index is 10.6. The maximum Gasteiger partial charge on any atom is 0.142 e. The molecule has 0 radical (unpaired) electrons. The van der Waals surface area contributed by atoms with E-state index >= 15 is 0 Å². The number of carbonyl (C=O) groups excluding carboxylic acids is 1. The van der Waals surface area contributed by atoms with Gasteiger partial charge in [0, 0.05) is 0 Å². The molecule has 0 heterocycles. The molecule has 4 atom stereocenters. The molecule has 118 valence electrons. The van der Waals surface area contributed by atoms with Crippen molar-refractivity contribution in [2.24, 2.45) is 22.7 Å². The van der Waals surface area contributed by atoms with Crippen LogP contribution in [0.25, 0.3) is 0 Å². The van der Waals surface area contributed by atoms with Crippen molar-refractivity contribution in [2.75, 3.05) is 0 Å². The lowest BCUT2D eigenvalue weighted by Crippen LogP contribution is -2.47. The van der Waals surface area contributed by atoms with Crippen LogP contribution in [0.5, 0.6) is 0 Å². The largest absolute Gasteiger partial charge is 0.299 e. The van der Waals surface area contributed by atoms with Crippen LogP contribution in [-0.4, -0.2) is 6.29 Å². The van der Waals surface area contributed by atoms with Crippen LogP contribution in [0.2, 0.25) is 0 Å². The lowest BCUT2D eigenvalue weighted by atomic mass is 9.50. The lowest BCUT2D eigenvalue weighted by Gasteiger charge is -2.55. The third-order valence-electron chi connectivity index (χ3n) is 6.99. The first kappa shape index (κ1) is 16.5. The van der Waals surface area contributed by atoms with Gasteiger partial charge < -0.3 is 0 Å². The highest BCUT2D eigenvalue weighted by Crippen LogP contribution is 2.65. The molecule has 0 saturated heterocycles. The third kappa shape index (κ3) is 2.76. The van der Waals surface area contributed by atoms with Crippen LogP contribution >= 0.6 is 0 Å². The first-order chi connectivity index (χ1) is 9.86. The second-order valence-corrected chi connectivity index (χ2v) is 7.98. The Morgan fingerprint density at radius 2 is 2.00 bits per heavy atom. The molecule has 1 heteroatoms. The van der Waals surface area contributed by atoms with Crippen LogP contribution in [0, 0.1) is 22.7 Å². The molecular formula is C20H32O. The van der Waals surface area contributed by atoms with Crippen LogP contribution in [0.1, 0.15) is 72.6 Å². The Hall–Kier alpha value is -0.850. The zero-order chi connectivity index (χ0) is 15.7. The number of fused-ring (bicyclic) bond motifs is 1. The standard InChI is InChI=1S/C20H32O/c1-15(2)20-11-6-7-18(20)19(5,17(4)9-13-20)12-8-16(3)10-14-21/h10,14,17-18H,1,6-9,11-13H2,2-5H3. The predicted molar refractivity (Wildman–Crippen MR) is 90.1 cm³/mol. The highest BCUT2D eigenvalue weighted by atomic mass is 16.1. The minimum atomic E-state index is 0.395. The van der Waals surface area contributed by atoms with Crippen LogP contribution in [0.15, 0.2) is 23.8 Å². The van der Waals surface area contributed by atoms with Crippen LogP contribution in [0.3, 0.4) is 0 Å². The van der Waals surface area contributed by atoms with Gasteiger partial charge in [0.25, 0.3) is 0 Å². The summed E-state index contributed by atoms with van der Waals surface area (Å²) in [6, 6.07) is 0. The molecule has 0 aromatic carbocycles. The van der Waals surface area contributed by atoms with Gasteiger partial charge in [0.15, 0.2) is 0 Å². The Morgan fingerprint density at radius 3 is 2.62 bits per heavy atom. The lowest BCUT2D eigenvalue weighted by molar-refractivity contribution is -0.104. The molecule has 21 heavy (non-hydrogen) atoms. The van der Waals surface area contributed by atoms with E-state index in [1.807, 2.05) is 0 Å². The summed E-state index contributed by atoms with van der Waals surface area (Å²) in [5.74, 6) is 1.56. The monoisotopic (exact) mass is 288 g/mol. The Kier molecular flexibility index (Phi) is 4.80. The van der Waals surface area contributed by atoms with Crippen molar-refractivity contribution < 1.29 is 4.79 Å². The number of aldehydes is 1. The molecule has 2 fully saturated rings. The van der Waals surface area contributed by atoms with E-state index < -0.39 is 0 Å². The second-order valence-electron chi connectivity index (χ2n) is 7.98. The number of rotatable bonds is 5. The molecule has 2 aliphatic rings. The minimum Gasteiger partial charge on any atom is -0.299 e. The summed E-state index contributed by atoms with van der Waals surface area (Å²) in [5.41, 5.74) is 3.45. The SMILES string of the molecule is C=C(C)C12CCCC1C(C)(CCC(C)=CC=O)C(C)CC2. The van der Waals surface area contributed by atoms with Gasteiger partial charge in [-0.05, 0) is 81.1 Å². The van der Waals surface area contributed by atoms with Gasteiger partial charge in [0.2, 0.25) is 0 Å². The van der Waals surface area contributed by atoms with E-state index in [9.17, 15) is 4.79 Å². The van der Waals surface area contributed by atoms with E-state index in [1.165, 1.54) is 49.7 Å². The van der Waals surface area contributed by atoms with Gasteiger partial charge in [0.1, 0.15) is 6.29 Å². The molecule has 0 amide bonds. The van der Waals surface area contributed by atoms with E-state index in [2.05, 4.69) is 34.3 Å². The number of carbonyl (C=O) groups is 1. The number of hydrogen-bond acceptors (Lipinski definition) is 1. The highest BCUT2D eigenvalue weighted by molar-refractivity contribution is 5.65. The first-order valence-electron chi connectivity index (χ1n) is 8.64. The summed E-state index contributed by atoms with van der Waals surface area (Å²) in [5, 5.41) is 0. The summed E-state index contributed by atoms with van der Waals surface area (Å²) < 4.78 is 0. The first-order valence-corrected chi connectivity index (χ1v) is 8.64. The van der Waals surface area contributed by atoms with Crippen molar-refractivity contribution in [1.29, 1.82) is 0 Å². The molecule has 2 saturated carbocycles. The van der Waals surface area contributed by atoms with Gasteiger partial charge >= 0.3 is 0 Å².